The number of nitrogens with zero attached hydrogens (tertiary/aromatic N) is 2. The highest BCUT2D eigenvalue weighted by Crippen LogP contribution is 2.27. The van der Waals surface area contributed by atoms with Gasteiger partial charge in [0.25, 0.3) is 0 Å². The Morgan fingerprint density at radius 2 is 1.53 bits per heavy atom. The molecule has 3 nitrogen and oxygen atoms in total. The molecule has 1 N–H and O–H groups in total. The van der Waals surface area contributed by atoms with Gasteiger partial charge < -0.3 is 5.11 Å². The molecule has 0 amide bonds. The van der Waals surface area contributed by atoms with E-state index in [-0.39, 0.29) is 6.10 Å². The van der Waals surface area contributed by atoms with Crippen molar-refractivity contribution in [3.63, 3.8) is 0 Å². The Morgan fingerprint density at radius 3 is 2.41 bits per heavy atom. The van der Waals surface area contributed by atoms with E-state index in [2.05, 4.69) is 9.80 Å². The van der Waals surface area contributed by atoms with Gasteiger partial charge in [-0.25, -0.2) is 0 Å². The van der Waals surface area contributed by atoms with E-state index in [4.69, 9.17) is 0 Å². The monoisotopic (exact) mass is 238 g/mol. The van der Waals surface area contributed by atoms with E-state index in [1.54, 1.807) is 0 Å². The van der Waals surface area contributed by atoms with Crippen molar-refractivity contribution in [3.05, 3.63) is 0 Å². The van der Waals surface area contributed by atoms with Crippen LogP contribution in [0.4, 0.5) is 0 Å². The maximum atomic E-state index is 9.83. The molecule has 2 aliphatic heterocycles. The summed E-state index contributed by atoms with van der Waals surface area (Å²) in [5, 5.41) is 9.83. The van der Waals surface area contributed by atoms with Crippen LogP contribution in [0.25, 0.3) is 0 Å². The molecule has 0 aromatic rings. The Morgan fingerprint density at radius 1 is 0.765 bits per heavy atom. The van der Waals surface area contributed by atoms with Gasteiger partial charge in [0.1, 0.15) is 0 Å². The smallest absolute Gasteiger partial charge is 0.0555 e. The molecule has 2 saturated heterocycles. The fourth-order valence-corrected chi connectivity index (χ4v) is 4.04. The third-order valence-corrected chi connectivity index (χ3v) is 4.97. The first kappa shape index (κ1) is 11.9. The molecule has 3 aliphatic rings. The van der Waals surface area contributed by atoms with Crippen LogP contribution in [0, 0.1) is 0 Å². The van der Waals surface area contributed by atoms with Crippen LogP contribution in [0.1, 0.15) is 44.9 Å². The van der Waals surface area contributed by atoms with E-state index in [1.165, 1.54) is 58.3 Å². The van der Waals surface area contributed by atoms with Crippen molar-refractivity contribution in [1.82, 2.24) is 9.80 Å². The van der Waals surface area contributed by atoms with Gasteiger partial charge in [0.15, 0.2) is 0 Å². The highest BCUT2D eigenvalue weighted by Gasteiger charge is 2.33. The molecule has 1 saturated carbocycles. The van der Waals surface area contributed by atoms with Crippen LogP contribution in [-0.4, -0.2) is 59.3 Å². The molecule has 3 fully saturated rings. The Labute approximate surface area is 105 Å². The Bertz CT molecular complexity index is 259. The van der Waals surface area contributed by atoms with E-state index < -0.39 is 0 Å². The normalized spacial score (nSPS) is 41.1. The third kappa shape index (κ3) is 2.67. The second-order valence-electron chi connectivity index (χ2n) is 6.15. The van der Waals surface area contributed by atoms with Crippen molar-refractivity contribution in [2.45, 2.75) is 63.1 Å². The molecule has 3 rings (SSSR count). The Kier molecular flexibility index (Phi) is 3.69. The minimum Gasteiger partial charge on any atom is -0.393 e. The van der Waals surface area contributed by atoms with Crippen molar-refractivity contribution < 1.29 is 5.11 Å². The van der Waals surface area contributed by atoms with Gasteiger partial charge in [-0.3, -0.25) is 9.80 Å². The Balaban J connectivity index is 1.62. The van der Waals surface area contributed by atoms with Gasteiger partial charge in [-0.15, -0.1) is 0 Å². The van der Waals surface area contributed by atoms with Crippen LogP contribution in [0.3, 0.4) is 0 Å². The first-order valence-electron chi connectivity index (χ1n) is 7.49. The lowest BCUT2D eigenvalue weighted by Gasteiger charge is -2.36. The molecule has 0 aromatic heterocycles. The van der Waals surface area contributed by atoms with Crippen LogP contribution in [-0.2, 0) is 0 Å². The number of fused-ring (bicyclic) bond motifs is 1. The summed E-state index contributed by atoms with van der Waals surface area (Å²) in [5.41, 5.74) is 0. The van der Waals surface area contributed by atoms with Gasteiger partial charge in [0.05, 0.1) is 6.10 Å². The fourth-order valence-electron chi connectivity index (χ4n) is 4.04. The lowest BCUT2D eigenvalue weighted by Crippen LogP contribution is -2.44. The van der Waals surface area contributed by atoms with Crippen LogP contribution < -0.4 is 0 Å². The van der Waals surface area contributed by atoms with Crippen LogP contribution >= 0.6 is 0 Å². The molecular formula is C14H26N2O. The second-order valence-corrected chi connectivity index (χ2v) is 6.15. The van der Waals surface area contributed by atoms with Crippen LogP contribution in [0.5, 0.6) is 0 Å². The molecule has 3 unspecified atom stereocenters. The molecule has 1 aliphatic carbocycles. The van der Waals surface area contributed by atoms with Gasteiger partial charge in [-0.1, -0.05) is 0 Å². The number of aliphatic hydroxyl groups is 1. The summed E-state index contributed by atoms with van der Waals surface area (Å²) in [7, 11) is 0. The zero-order valence-electron chi connectivity index (χ0n) is 10.9. The lowest BCUT2D eigenvalue weighted by molar-refractivity contribution is 0.0585. The number of hydrogen-bond acceptors (Lipinski definition) is 3. The number of rotatable bonds is 1. The number of hydrogen-bond donors (Lipinski definition) is 1. The molecule has 0 radical (unpaired) electrons. The highest BCUT2D eigenvalue weighted by atomic mass is 16.3. The highest BCUT2D eigenvalue weighted by molar-refractivity contribution is 4.89. The second kappa shape index (κ2) is 5.25. The zero-order chi connectivity index (χ0) is 11.7. The van der Waals surface area contributed by atoms with E-state index in [0.717, 1.165) is 18.9 Å². The van der Waals surface area contributed by atoms with Crippen LogP contribution in [0.2, 0.25) is 0 Å². The summed E-state index contributed by atoms with van der Waals surface area (Å²) in [4.78, 5) is 5.39. The topological polar surface area (TPSA) is 26.7 Å². The summed E-state index contributed by atoms with van der Waals surface area (Å²) in [5.74, 6) is 0. The first-order chi connectivity index (χ1) is 8.33. The van der Waals surface area contributed by atoms with Crippen molar-refractivity contribution in [2.75, 3.05) is 26.2 Å². The molecule has 0 aromatic carbocycles. The largest absolute Gasteiger partial charge is 0.393 e. The van der Waals surface area contributed by atoms with E-state index in [9.17, 15) is 5.11 Å². The van der Waals surface area contributed by atoms with E-state index in [1.807, 2.05) is 0 Å². The zero-order valence-corrected chi connectivity index (χ0v) is 10.9. The minimum atomic E-state index is -0.0308. The summed E-state index contributed by atoms with van der Waals surface area (Å²) in [6.45, 7) is 5.14. The number of aliphatic hydroxyl groups excluding tert-OH is 1. The lowest BCUT2D eigenvalue weighted by atomic mass is 9.91. The van der Waals surface area contributed by atoms with Crippen molar-refractivity contribution >= 4 is 0 Å². The van der Waals surface area contributed by atoms with Crippen molar-refractivity contribution in [2.24, 2.45) is 0 Å². The molecule has 98 valence electrons. The molecule has 3 heteroatoms. The van der Waals surface area contributed by atoms with E-state index in [0.29, 0.717) is 6.04 Å². The maximum absolute atomic E-state index is 9.83. The minimum absolute atomic E-state index is 0.0308. The molecule has 0 bridgehead atoms. The molecule has 2 heterocycles. The van der Waals surface area contributed by atoms with Crippen LogP contribution in [0.15, 0.2) is 0 Å². The third-order valence-electron chi connectivity index (χ3n) is 4.97. The summed E-state index contributed by atoms with van der Waals surface area (Å²) < 4.78 is 0. The average Bonchev–Trinajstić information content (AvgIpc) is 2.66. The molecular weight excluding hydrogens is 212 g/mol. The van der Waals surface area contributed by atoms with Gasteiger partial charge in [0, 0.05) is 18.6 Å². The standard InChI is InChI=1S/C14H26N2O/c17-14-6-1-4-12(10-14)16-9-3-8-15-7-2-5-13(15)11-16/h12-14,17H,1-11H2. The molecule has 0 spiro atoms. The van der Waals surface area contributed by atoms with Gasteiger partial charge >= 0.3 is 0 Å². The first-order valence-corrected chi connectivity index (χ1v) is 7.49. The van der Waals surface area contributed by atoms with Gasteiger partial charge in [-0.05, 0) is 64.6 Å². The van der Waals surface area contributed by atoms with Gasteiger partial charge in [-0.2, -0.15) is 0 Å². The van der Waals surface area contributed by atoms with Crippen molar-refractivity contribution in [3.8, 4) is 0 Å². The predicted molar refractivity (Wildman–Crippen MR) is 69.0 cm³/mol. The van der Waals surface area contributed by atoms with Gasteiger partial charge in [0.2, 0.25) is 0 Å². The Hall–Kier alpha value is -0.120. The predicted octanol–water partition coefficient (Wildman–Crippen LogP) is 1.46. The summed E-state index contributed by atoms with van der Waals surface area (Å²) in [6.07, 6.45) is 8.66. The maximum Gasteiger partial charge on any atom is 0.0555 e. The van der Waals surface area contributed by atoms with E-state index >= 15 is 0 Å². The average molecular weight is 238 g/mol. The SMILES string of the molecule is OC1CCCC(N2CCCN3CCCC3C2)C1. The quantitative estimate of drug-likeness (QED) is 0.749. The molecule has 17 heavy (non-hydrogen) atoms. The summed E-state index contributed by atoms with van der Waals surface area (Å²) >= 11 is 0. The molecule has 3 atom stereocenters. The summed E-state index contributed by atoms with van der Waals surface area (Å²) in [6, 6.07) is 1.48. The van der Waals surface area contributed by atoms with Crippen molar-refractivity contribution in [1.29, 1.82) is 0 Å². The fraction of sp³-hybridized carbons (Fsp3) is 1.00.